The lowest BCUT2D eigenvalue weighted by Crippen LogP contribution is -2.68. The van der Waals surface area contributed by atoms with E-state index in [1.807, 2.05) is 20.8 Å². The minimum Gasteiger partial charge on any atom is -0.396 e. The lowest BCUT2D eigenvalue weighted by atomic mass is 9.35. The second kappa shape index (κ2) is 27.4. The summed E-state index contributed by atoms with van der Waals surface area (Å²) in [6.45, 7) is 14.0. The van der Waals surface area contributed by atoms with Crippen molar-refractivity contribution in [2.75, 3.05) is 33.0 Å². The summed E-state index contributed by atoms with van der Waals surface area (Å²) in [5, 5.41) is 196. The van der Waals surface area contributed by atoms with Crippen LogP contribution in [-0.2, 0) is 42.6 Å². The minimum atomic E-state index is -1.85. The zero-order chi connectivity index (χ0) is 64.7. The van der Waals surface area contributed by atoms with Crippen LogP contribution >= 0.6 is 0 Å². The van der Waals surface area contributed by atoms with Crippen LogP contribution in [0.3, 0.4) is 0 Å². The molecule has 0 radical (unpaired) electrons. The molecule has 4 heterocycles. The summed E-state index contributed by atoms with van der Waals surface area (Å²) in [5.74, 6) is -1.46. The van der Waals surface area contributed by atoms with Crippen molar-refractivity contribution in [1.82, 2.24) is 0 Å². The van der Waals surface area contributed by atoms with Gasteiger partial charge in [-0.1, -0.05) is 46.3 Å². The van der Waals surface area contributed by atoms with Gasteiger partial charge >= 0.3 is 0 Å². The van der Waals surface area contributed by atoms with Crippen molar-refractivity contribution in [2.45, 2.75) is 285 Å². The summed E-state index contributed by atoms with van der Waals surface area (Å²) in [6.07, 6.45) is -32.5. The van der Waals surface area contributed by atoms with Crippen LogP contribution in [0, 0.1) is 51.2 Å². The average molecular weight is 1270 g/mol. The Morgan fingerprint density at radius 1 is 0.500 bits per heavy atom. The maximum absolute atomic E-state index is 12.9. The molecule has 0 spiro atoms. The van der Waals surface area contributed by atoms with E-state index in [0.29, 0.717) is 38.5 Å². The molecule has 35 unspecified atom stereocenters. The first-order valence-corrected chi connectivity index (χ1v) is 31.8. The zero-order valence-corrected chi connectivity index (χ0v) is 51.8. The van der Waals surface area contributed by atoms with E-state index in [9.17, 15) is 91.9 Å². The minimum absolute atomic E-state index is 0.00364. The Balaban J connectivity index is 0.899. The summed E-state index contributed by atoms with van der Waals surface area (Å²) >= 11 is 0. The molecule has 4 aliphatic heterocycles. The molecule has 35 atom stereocenters. The second-order valence-corrected chi connectivity index (χ2v) is 29.1. The third-order valence-corrected chi connectivity index (χ3v) is 23.5. The number of aliphatic hydroxyl groups is 18. The van der Waals surface area contributed by atoms with Crippen molar-refractivity contribution >= 4 is 0 Å². The SMILES string of the molecule is CC(C)=CCCC(C)(OC1OC(COC2OC(COC3CC(CO)C(O)C(O)C3O)C(O)C(O)C2O)C(O)C(O)C1O)C1CCC2(C)C1C(O)CC1C3(C)CCC(OC4OC(CO)C(O)C(O)C4OC4OC(CO)C(O)C(O)C4O)C(C)(C)C3CCC12C. The van der Waals surface area contributed by atoms with Gasteiger partial charge in [0.15, 0.2) is 25.2 Å². The van der Waals surface area contributed by atoms with Crippen molar-refractivity contribution in [3.05, 3.63) is 11.6 Å². The summed E-state index contributed by atoms with van der Waals surface area (Å²) in [4.78, 5) is 0. The normalized spacial score (nSPS) is 52.9. The molecule has 9 rings (SSSR count). The fourth-order valence-electron chi connectivity index (χ4n) is 18.1. The molecular formula is C61H104O27. The third-order valence-electron chi connectivity index (χ3n) is 23.5. The van der Waals surface area contributed by atoms with Gasteiger partial charge in [0.25, 0.3) is 0 Å². The predicted molar refractivity (Wildman–Crippen MR) is 302 cm³/mol. The Morgan fingerprint density at radius 2 is 1.02 bits per heavy atom. The standard InChI is InChI=1S/C61H104O27/c1-25(2)10-9-14-61(8,88-55-51(79)47(75)43(71)33(85-55)24-81-53-49(77)46(74)42(70)32(84-53)23-80-29-18-26(20-62)38(66)44(72)39(29)67)27-11-16-60(7)37(27)28(65)19-35-58(5)15-13-36(57(3,4)34(58)12-17-59(35,60)6)86-56-52(48(76)41(69)31(22-64)83-56)87-54-50(78)45(73)40(68)30(21-63)82-54/h10,26-56,62-79H,9,11-24H2,1-8H3. The van der Waals surface area contributed by atoms with Gasteiger partial charge in [0.05, 0.1) is 56.4 Å². The molecule has 9 fully saturated rings. The number of hydrogen-bond acceptors (Lipinski definition) is 27. The molecule has 0 aromatic heterocycles. The van der Waals surface area contributed by atoms with Gasteiger partial charge in [-0.15, -0.1) is 0 Å². The predicted octanol–water partition coefficient (Wildman–Crippen LogP) is -3.71. The molecule has 0 bridgehead atoms. The van der Waals surface area contributed by atoms with E-state index in [0.717, 1.165) is 24.8 Å². The highest BCUT2D eigenvalue weighted by molar-refractivity contribution is 5.21. The molecule has 0 aromatic rings. The van der Waals surface area contributed by atoms with E-state index in [-0.39, 0.29) is 40.9 Å². The quantitative estimate of drug-likeness (QED) is 0.0437. The largest absolute Gasteiger partial charge is 0.396 e. The van der Waals surface area contributed by atoms with Gasteiger partial charge in [-0.2, -0.15) is 0 Å². The van der Waals surface area contributed by atoms with Crippen LogP contribution in [-0.4, -0.2) is 290 Å². The maximum Gasteiger partial charge on any atom is 0.187 e. The molecule has 9 aliphatic rings. The summed E-state index contributed by atoms with van der Waals surface area (Å²) < 4.78 is 55.4. The Morgan fingerprint density at radius 3 is 1.62 bits per heavy atom. The van der Waals surface area contributed by atoms with Crippen molar-refractivity contribution in [3.63, 3.8) is 0 Å². The van der Waals surface area contributed by atoms with E-state index < -0.39 is 215 Å². The molecule has 27 nitrogen and oxygen atoms in total. The van der Waals surface area contributed by atoms with Gasteiger partial charge in [0.2, 0.25) is 0 Å². The van der Waals surface area contributed by atoms with Crippen LogP contribution in [0.5, 0.6) is 0 Å². The third kappa shape index (κ3) is 12.7. The molecule has 0 amide bonds. The van der Waals surface area contributed by atoms with Crippen molar-refractivity contribution in [2.24, 2.45) is 51.2 Å². The van der Waals surface area contributed by atoms with Gasteiger partial charge in [-0.05, 0) is 130 Å². The Kier molecular flexibility index (Phi) is 22.1. The number of hydrogen-bond donors (Lipinski definition) is 18. The smallest absolute Gasteiger partial charge is 0.187 e. The zero-order valence-electron chi connectivity index (χ0n) is 51.8. The van der Waals surface area contributed by atoms with E-state index in [2.05, 4.69) is 40.7 Å². The van der Waals surface area contributed by atoms with E-state index in [1.54, 1.807) is 0 Å². The number of allylic oxidation sites excluding steroid dienone is 2. The molecule has 510 valence electrons. The Hall–Kier alpha value is -1.34. The van der Waals surface area contributed by atoms with Crippen LogP contribution in [0.1, 0.15) is 120 Å². The van der Waals surface area contributed by atoms with Gasteiger partial charge in [-0.3, -0.25) is 0 Å². The van der Waals surface area contributed by atoms with Gasteiger partial charge in [0.1, 0.15) is 110 Å². The summed E-state index contributed by atoms with van der Waals surface area (Å²) in [5.41, 5.74) is -1.82. The first kappa shape index (κ1) is 71.0. The number of fused-ring (bicyclic) bond motifs is 5. The lowest BCUT2D eigenvalue weighted by Gasteiger charge is -2.71. The van der Waals surface area contributed by atoms with Crippen LogP contribution in [0.2, 0.25) is 0 Å². The number of aliphatic hydroxyl groups excluding tert-OH is 18. The monoisotopic (exact) mass is 1270 g/mol. The first-order valence-electron chi connectivity index (χ1n) is 31.8. The van der Waals surface area contributed by atoms with Crippen molar-refractivity contribution < 1.29 is 135 Å². The van der Waals surface area contributed by atoms with Gasteiger partial charge in [-0.25, -0.2) is 0 Å². The molecule has 18 N–H and O–H groups in total. The lowest BCUT2D eigenvalue weighted by molar-refractivity contribution is -0.378. The summed E-state index contributed by atoms with van der Waals surface area (Å²) in [7, 11) is 0. The average Bonchev–Trinajstić information content (AvgIpc) is 1.58. The van der Waals surface area contributed by atoms with Gasteiger partial charge in [0, 0.05) is 12.5 Å². The van der Waals surface area contributed by atoms with Crippen molar-refractivity contribution in [3.8, 4) is 0 Å². The number of rotatable bonds is 19. The fourth-order valence-corrected chi connectivity index (χ4v) is 18.1. The van der Waals surface area contributed by atoms with Gasteiger partial charge < -0.3 is 135 Å². The van der Waals surface area contributed by atoms with E-state index in [4.69, 9.17) is 42.6 Å². The maximum atomic E-state index is 12.9. The molecule has 27 heteroatoms. The van der Waals surface area contributed by atoms with E-state index in [1.165, 1.54) is 0 Å². The first-order chi connectivity index (χ1) is 41.2. The molecule has 4 saturated heterocycles. The van der Waals surface area contributed by atoms with Crippen LogP contribution in [0.25, 0.3) is 0 Å². The molecule has 88 heavy (non-hydrogen) atoms. The topological polar surface area (TPSA) is 447 Å². The van der Waals surface area contributed by atoms with Crippen LogP contribution in [0.15, 0.2) is 11.6 Å². The Bertz CT molecular complexity index is 2320. The highest BCUT2D eigenvalue weighted by atomic mass is 16.8. The number of ether oxygens (including phenoxy) is 9. The van der Waals surface area contributed by atoms with Crippen LogP contribution in [0.4, 0.5) is 0 Å². The summed E-state index contributed by atoms with van der Waals surface area (Å²) in [6, 6.07) is 0. The fraction of sp³-hybridized carbons (Fsp3) is 0.967. The molecular weight excluding hydrogens is 1160 g/mol. The molecule has 5 aliphatic carbocycles. The van der Waals surface area contributed by atoms with E-state index >= 15 is 0 Å². The second-order valence-electron chi connectivity index (χ2n) is 29.1. The van der Waals surface area contributed by atoms with Crippen LogP contribution < -0.4 is 0 Å². The molecule has 0 aromatic carbocycles. The Labute approximate surface area is 513 Å². The highest BCUT2D eigenvalue weighted by Gasteiger charge is 2.72. The highest BCUT2D eigenvalue weighted by Crippen LogP contribution is 2.76. The van der Waals surface area contributed by atoms with Crippen molar-refractivity contribution in [1.29, 1.82) is 0 Å². The molecule has 5 saturated carbocycles.